The van der Waals surface area contributed by atoms with Crippen molar-refractivity contribution in [1.82, 2.24) is 0 Å². The first kappa shape index (κ1) is 18.4. The quantitative estimate of drug-likeness (QED) is 0.607. The van der Waals surface area contributed by atoms with Crippen molar-refractivity contribution in [2.24, 2.45) is 0 Å². The number of ketones is 1. The standard InChI is InChI=1S/C24H20N2O4/c27-22(18-10-4-1-5-11-18)21-16-24(30-26(21)20-14-8-3-9-15-20)17-29-23(28)25(24)19-12-6-2-7-13-19/h1-15,21H,16-17H2. The highest BCUT2D eigenvalue weighted by atomic mass is 16.7. The Hall–Kier alpha value is -3.64. The van der Waals surface area contributed by atoms with Gasteiger partial charge in [-0.2, -0.15) is 0 Å². The Morgan fingerprint density at radius 1 is 0.833 bits per heavy atom. The number of hydroxylamine groups is 1. The van der Waals surface area contributed by atoms with E-state index in [4.69, 9.17) is 9.57 Å². The number of cyclic esters (lactones) is 1. The van der Waals surface area contributed by atoms with Gasteiger partial charge in [-0.05, 0) is 24.3 Å². The van der Waals surface area contributed by atoms with Crippen LogP contribution in [0.15, 0.2) is 91.0 Å². The first-order valence-electron chi connectivity index (χ1n) is 9.83. The van der Waals surface area contributed by atoms with Crippen molar-refractivity contribution in [2.75, 3.05) is 16.6 Å². The van der Waals surface area contributed by atoms with E-state index in [1.807, 2.05) is 78.9 Å². The molecule has 6 nitrogen and oxygen atoms in total. The number of carbonyl (C=O) groups excluding carboxylic acids is 2. The van der Waals surface area contributed by atoms with Crippen molar-refractivity contribution < 1.29 is 19.2 Å². The van der Waals surface area contributed by atoms with Crippen LogP contribution in [0.5, 0.6) is 0 Å². The molecule has 3 aromatic carbocycles. The molecule has 2 saturated heterocycles. The van der Waals surface area contributed by atoms with E-state index in [0.717, 1.165) is 5.69 Å². The average Bonchev–Trinajstić information content (AvgIpc) is 3.35. The van der Waals surface area contributed by atoms with Gasteiger partial charge in [0.05, 0.1) is 11.4 Å². The molecule has 0 saturated carbocycles. The zero-order valence-corrected chi connectivity index (χ0v) is 16.2. The maximum Gasteiger partial charge on any atom is 0.417 e. The number of anilines is 2. The maximum atomic E-state index is 13.4. The lowest BCUT2D eigenvalue weighted by molar-refractivity contribution is -0.0165. The topological polar surface area (TPSA) is 59.1 Å². The van der Waals surface area contributed by atoms with Gasteiger partial charge >= 0.3 is 6.09 Å². The Labute approximate surface area is 174 Å². The van der Waals surface area contributed by atoms with Gasteiger partial charge in [0, 0.05) is 12.0 Å². The minimum absolute atomic E-state index is 0.0443. The number of hydrogen-bond acceptors (Lipinski definition) is 5. The lowest BCUT2D eigenvalue weighted by Gasteiger charge is -2.31. The van der Waals surface area contributed by atoms with Gasteiger partial charge in [0.1, 0.15) is 12.6 Å². The lowest BCUT2D eigenvalue weighted by atomic mass is 9.96. The van der Waals surface area contributed by atoms with Crippen molar-refractivity contribution in [2.45, 2.75) is 18.2 Å². The molecule has 0 N–H and O–H groups in total. The predicted molar refractivity (Wildman–Crippen MR) is 112 cm³/mol. The summed E-state index contributed by atoms with van der Waals surface area (Å²) in [7, 11) is 0. The van der Waals surface area contributed by atoms with Gasteiger partial charge < -0.3 is 4.74 Å². The molecule has 3 aromatic rings. The van der Waals surface area contributed by atoms with E-state index in [9.17, 15) is 9.59 Å². The van der Waals surface area contributed by atoms with Gasteiger partial charge in [-0.15, -0.1) is 0 Å². The monoisotopic (exact) mass is 400 g/mol. The number of Topliss-reactive ketones (excluding diaryl/α,β-unsaturated/α-hetero) is 1. The minimum atomic E-state index is -1.09. The van der Waals surface area contributed by atoms with Gasteiger partial charge in [-0.3, -0.25) is 4.79 Å². The van der Waals surface area contributed by atoms with Crippen molar-refractivity contribution in [1.29, 1.82) is 0 Å². The third-order valence-electron chi connectivity index (χ3n) is 5.46. The molecule has 2 aliphatic rings. The first-order chi connectivity index (χ1) is 14.7. The number of para-hydroxylation sites is 2. The van der Waals surface area contributed by atoms with Crippen LogP contribution in [-0.2, 0) is 9.57 Å². The SMILES string of the molecule is O=C(c1ccccc1)C1CC2(COC(=O)N2c2ccccc2)ON1c1ccccc1. The number of nitrogens with zero attached hydrogens (tertiary/aromatic N) is 2. The molecule has 0 radical (unpaired) electrons. The number of rotatable bonds is 4. The molecular weight excluding hydrogens is 380 g/mol. The second-order valence-electron chi connectivity index (χ2n) is 7.37. The number of amides is 1. The Morgan fingerprint density at radius 2 is 1.40 bits per heavy atom. The Kier molecular flexibility index (Phi) is 4.48. The third kappa shape index (κ3) is 3.02. The van der Waals surface area contributed by atoms with Crippen LogP contribution in [-0.4, -0.2) is 30.3 Å². The number of hydrogen-bond donors (Lipinski definition) is 0. The highest BCUT2D eigenvalue weighted by Gasteiger charge is 2.59. The average molecular weight is 400 g/mol. The summed E-state index contributed by atoms with van der Waals surface area (Å²) in [5.41, 5.74) is 0.918. The van der Waals surface area contributed by atoms with E-state index in [1.54, 1.807) is 17.2 Å². The Balaban J connectivity index is 1.57. The zero-order chi connectivity index (χ0) is 20.6. The Morgan fingerprint density at radius 3 is 2.03 bits per heavy atom. The molecule has 1 amide bonds. The molecule has 0 bridgehead atoms. The fourth-order valence-corrected chi connectivity index (χ4v) is 4.08. The van der Waals surface area contributed by atoms with Crippen molar-refractivity contribution in [3.05, 3.63) is 96.6 Å². The zero-order valence-electron chi connectivity index (χ0n) is 16.2. The Bertz CT molecular complexity index is 1060. The summed E-state index contributed by atoms with van der Waals surface area (Å²) < 4.78 is 5.40. The van der Waals surface area contributed by atoms with E-state index in [0.29, 0.717) is 11.3 Å². The molecule has 1 spiro atoms. The van der Waals surface area contributed by atoms with Crippen LogP contribution in [0, 0.1) is 0 Å². The van der Waals surface area contributed by atoms with Gasteiger partial charge in [-0.25, -0.2) is 19.6 Å². The molecule has 2 unspecified atom stereocenters. The lowest BCUT2D eigenvalue weighted by Crippen LogP contribution is -2.48. The van der Waals surface area contributed by atoms with E-state index >= 15 is 0 Å². The van der Waals surface area contributed by atoms with Crippen LogP contribution < -0.4 is 9.96 Å². The van der Waals surface area contributed by atoms with Gasteiger partial charge in [0.2, 0.25) is 5.72 Å². The summed E-state index contributed by atoms with van der Waals surface area (Å²) in [5, 5.41) is 1.62. The molecule has 2 heterocycles. The van der Waals surface area contributed by atoms with Gasteiger partial charge in [0.25, 0.3) is 0 Å². The molecule has 2 aliphatic heterocycles. The second-order valence-corrected chi connectivity index (χ2v) is 7.37. The summed E-state index contributed by atoms with van der Waals surface area (Å²) in [5.74, 6) is -0.0660. The summed E-state index contributed by atoms with van der Waals surface area (Å²) in [6.45, 7) is 0.0443. The second kappa shape index (κ2) is 7.31. The minimum Gasteiger partial charge on any atom is -0.444 e. The van der Waals surface area contributed by atoms with Crippen LogP contribution in [0.25, 0.3) is 0 Å². The van der Waals surface area contributed by atoms with Crippen LogP contribution in [0.2, 0.25) is 0 Å². The fraction of sp³-hybridized carbons (Fsp3) is 0.167. The highest BCUT2D eigenvalue weighted by Crippen LogP contribution is 2.43. The molecule has 2 atom stereocenters. The number of ether oxygens (including phenoxy) is 1. The summed E-state index contributed by atoms with van der Waals surface area (Å²) in [4.78, 5) is 34.0. The molecule has 2 fully saturated rings. The predicted octanol–water partition coefficient (Wildman–Crippen LogP) is 4.43. The van der Waals surface area contributed by atoms with Crippen LogP contribution in [0.4, 0.5) is 16.2 Å². The van der Waals surface area contributed by atoms with E-state index in [-0.39, 0.29) is 18.8 Å². The van der Waals surface area contributed by atoms with Crippen LogP contribution in [0.3, 0.4) is 0 Å². The van der Waals surface area contributed by atoms with Crippen molar-refractivity contribution in [3.63, 3.8) is 0 Å². The summed E-state index contributed by atoms with van der Waals surface area (Å²) in [6, 6.07) is 27.2. The normalized spacial score (nSPS) is 23.1. The molecule has 150 valence electrons. The smallest absolute Gasteiger partial charge is 0.417 e. The fourth-order valence-electron chi connectivity index (χ4n) is 4.08. The van der Waals surface area contributed by atoms with E-state index in [2.05, 4.69) is 0 Å². The largest absolute Gasteiger partial charge is 0.444 e. The molecule has 6 heteroatoms. The van der Waals surface area contributed by atoms with Crippen molar-refractivity contribution in [3.8, 4) is 0 Å². The summed E-state index contributed by atoms with van der Waals surface area (Å²) >= 11 is 0. The van der Waals surface area contributed by atoms with E-state index < -0.39 is 17.9 Å². The van der Waals surface area contributed by atoms with Crippen molar-refractivity contribution >= 4 is 23.3 Å². The molecule has 0 aromatic heterocycles. The maximum absolute atomic E-state index is 13.4. The highest BCUT2D eigenvalue weighted by molar-refractivity contribution is 6.02. The van der Waals surface area contributed by atoms with Crippen LogP contribution in [0.1, 0.15) is 16.8 Å². The van der Waals surface area contributed by atoms with Gasteiger partial charge in [0.15, 0.2) is 5.78 Å². The molecule has 0 aliphatic carbocycles. The summed E-state index contributed by atoms with van der Waals surface area (Å²) in [6.07, 6.45) is -0.196. The van der Waals surface area contributed by atoms with Gasteiger partial charge in [-0.1, -0.05) is 66.7 Å². The molecule has 30 heavy (non-hydrogen) atoms. The third-order valence-corrected chi connectivity index (χ3v) is 5.46. The first-order valence-corrected chi connectivity index (χ1v) is 9.83. The molecular formula is C24H20N2O4. The number of carbonyl (C=O) groups is 2. The van der Waals surface area contributed by atoms with E-state index in [1.165, 1.54) is 4.90 Å². The van der Waals surface area contributed by atoms with Crippen LogP contribution >= 0.6 is 0 Å². The number of benzene rings is 3. The molecule has 5 rings (SSSR count).